The molecule has 8 heteroatoms. The van der Waals surface area contributed by atoms with Crippen molar-refractivity contribution in [2.75, 3.05) is 14.2 Å². The molecule has 0 amide bonds. The molecule has 1 aliphatic rings. The Morgan fingerprint density at radius 3 is 2.73 bits per heavy atom. The van der Waals surface area contributed by atoms with Gasteiger partial charge in [0, 0.05) is 16.8 Å². The van der Waals surface area contributed by atoms with Gasteiger partial charge < -0.3 is 23.9 Å². The van der Waals surface area contributed by atoms with Crippen molar-refractivity contribution in [2.24, 2.45) is 0 Å². The van der Waals surface area contributed by atoms with Gasteiger partial charge in [-0.3, -0.25) is 4.79 Å². The van der Waals surface area contributed by atoms with Crippen LogP contribution in [0, 0.1) is 5.82 Å². The Bertz CT molecular complexity index is 1110. The smallest absolute Gasteiger partial charge is 0.306 e. The molecule has 0 aliphatic carbocycles. The fraction of sp³-hybridized carbons (Fsp3) is 0.227. The number of carboxylic acid groups (broad SMARTS) is 1. The normalized spacial score (nSPS) is 17.6. The summed E-state index contributed by atoms with van der Waals surface area (Å²) in [5.41, 5.74) is 2.05. The molecule has 2 heterocycles. The van der Waals surface area contributed by atoms with Gasteiger partial charge in [0.2, 0.25) is 0 Å². The molecule has 0 bridgehead atoms. The molecule has 1 aromatic heterocycles. The summed E-state index contributed by atoms with van der Waals surface area (Å²) in [7, 11) is 2.87. The van der Waals surface area contributed by atoms with Gasteiger partial charge in [-0.15, -0.1) is 0 Å². The molecule has 0 saturated carbocycles. The molecule has 0 fully saturated rings. The predicted octanol–water partition coefficient (Wildman–Crippen LogP) is 4.92. The van der Waals surface area contributed by atoms with Crippen LogP contribution < -0.4 is 9.47 Å². The number of halogens is 2. The van der Waals surface area contributed by atoms with Crippen LogP contribution >= 0.6 is 11.6 Å². The van der Waals surface area contributed by atoms with E-state index in [0.29, 0.717) is 27.7 Å². The standard InChI is InChI=1S/C22H19ClFNO5/c1-28-17-8-6-14(24)20(22(17)29-2)21-13-10-12(23)5-7-15(13)25-9-3-4-16(25)18(30-21)11-19(26)27/h3-10,18,21H,11H2,1-2H3,(H,26,27)/t18-,21+/m1/s1. The Morgan fingerprint density at radius 2 is 2.03 bits per heavy atom. The number of carboxylic acids is 1. The van der Waals surface area contributed by atoms with E-state index < -0.39 is 24.0 Å². The molecule has 1 N–H and O–H groups in total. The molecule has 2 aromatic carbocycles. The van der Waals surface area contributed by atoms with E-state index >= 15 is 4.39 Å². The highest BCUT2D eigenvalue weighted by Crippen LogP contribution is 2.47. The predicted molar refractivity (Wildman–Crippen MR) is 108 cm³/mol. The highest BCUT2D eigenvalue weighted by molar-refractivity contribution is 6.30. The van der Waals surface area contributed by atoms with Crippen LogP contribution in [0.4, 0.5) is 4.39 Å². The van der Waals surface area contributed by atoms with E-state index in [0.717, 1.165) is 0 Å². The SMILES string of the molecule is COc1ccc(F)c([C@H]2O[C@H](CC(=O)O)c3cccn3-c3ccc(Cl)cc32)c1OC. The minimum atomic E-state index is -1.03. The fourth-order valence-electron chi connectivity index (χ4n) is 3.84. The van der Waals surface area contributed by atoms with Crippen molar-refractivity contribution in [3.05, 3.63) is 76.3 Å². The Balaban J connectivity index is 2.00. The maximum absolute atomic E-state index is 15.1. The average Bonchev–Trinajstić information content (AvgIpc) is 3.16. The quantitative estimate of drug-likeness (QED) is 0.620. The van der Waals surface area contributed by atoms with Gasteiger partial charge in [0.05, 0.1) is 37.6 Å². The first kappa shape index (κ1) is 20.3. The van der Waals surface area contributed by atoms with Crippen molar-refractivity contribution in [2.45, 2.75) is 18.6 Å². The molecule has 0 saturated heterocycles. The van der Waals surface area contributed by atoms with Crippen LogP contribution in [0.1, 0.15) is 35.4 Å². The van der Waals surface area contributed by atoms with E-state index in [2.05, 4.69) is 0 Å². The molecular weight excluding hydrogens is 413 g/mol. The van der Waals surface area contributed by atoms with Crippen LogP contribution in [0.15, 0.2) is 48.7 Å². The minimum absolute atomic E-state index is 0.113. The summed E-state index contributed by atoms with van der Waals surface area (Å²) in [5, 5.41) is 9.89. The highest BCUT2D eigenvalue weighted by Gasteiger charge is 2.35. The van der Waals surface area contributed by atoms with Crippen molar-refractivity contribution in [3.63, 3.8) is 0 Å². The van der Waals surface area contributed by atoms with Crippen molar-refractivity contribution in [3.8, 4) is 17.2 Å². The summed E-state index contributed by atoms with van der Waals surface area (Å²) >= 11 is 6.27. The maximum atomic E-state index is 15.1. The molecule has 1 aliphatic heterocycles. The van der Waals surface area contributed by atoms with Gasteiger partial charge in [-0.25, -0.2) is 4.39 Å². The topological polar surface area (TPSA) is 69.9 Å². The summed E-state index contributed by atoms with van der Waals surface area (Å²) in [6.45, 7) is 0. The van der Waals surface area contributed by atoms with Crippen LogP contribution in [-0.4, -0.2) is 29.9 Å². The number of fused-ring (bicyclic) bond motifs is 3. The van der Waals surface area contributed by atoms with Gasteiger partial charge in [-0.05, 0) is 42.5 Å². The van der Waals surface area contributed by atoms with Crippen molar-refractivity contribution >= 4 is 17.6 Å². The van der Waals surface area contributed by atoms with E-state index in [1.165, 1.54) is 26.4 Å². The van der Waals surface area contributed by atoms with Crippen LogP contribution in [0.5, 0.6) is 11.5 Å². The van der Waals surface area contributed by atoms with E-state index in [1.807, 2.05) is 10.8 Å². The zero-order valence-electron chi connectivity index (χ0n) is 16.3. The second kappa shape index (κ2) is 8.01. The number of carbonyl (C=O) groups is 1. The third-order valence-corrected chi connectivity index (χ3v) is 5.33. The molecule has 4 rings (SSSR count). The number of nitrogens with zero attached hydrogens (tertiary/aromatic N) is 1. The summed E-state index contributed by atoms with van der Waals surface area (Å²) in [5.74, 6) is -1.09. The Morgan fingerprint density at radius 1 is 1.23 bits per heavy atom. The lowest BCUT2D eigenvalue weighted by Crippen LogP contribution is -2.16. The number of aliphatic carboxylic acids is 1. The zero-order chi connectivity index (χ0) is 21.4. The second-order valence-corrected chi connectivity index (χ2v) is 7.24. The van der Waals surface area contributed by atoms with Gasteiger partial charge in [-0.1, -0.05) is 11.6 Å². The van der Waals surface area contributed by atoms with E-state index in [1.54, 1.807) is 30.3 Å². The first-order valence-corrected chi connectivity index (χ1v) is 9.57. The van der Waals surface area contributed by atoms with Gasteiger partial charge >= 0.3 is 5.97 Å². The number of aromatic nitrogens is 1. The number of benzene rings is 2. The molecule has 3 aromatic rings. The van der Waals surface area contributed by atoms with Crippen LogP contribution in [0.25, 0.3) is 5.69 Å². The number of methoxy groups -OCH3 is 2. The van der Waals surface area contributed by atoms with Crippen molar-refractivity contribution < 1.29 is 28.5 Å². The van der Waals surface area contributed by atoms with Crippen LogP contribution in [-0.2, 0) is 9.53 Å². The monoisotopic (exact) mass is 431 g/mol. The lowest BCUT2D eigenvalue weighted by Gasteiger charge is -2.25. The minimum Gasteiger partial charge on any atom is -0.493 e. The van der Waals surface area contributed by atoms with Crippen molar-refractivity contribution in [1.29, 1.82) is 0 Å². The van der Waals surface area contributed by atoms with Crippen molar-refractivity contribution in [1.82, 2.24) is 4.57 Å². The van der Waals surface area contributed by atoms with E-state index in [9.17, 15) is 9.90 Å². The number of rotatable bonds is 5. The van der Waals surface area contributed by atoms with Crippen LogP contribution in [0.3, 0.4) is 0 Å². The van der Waals surface area contributed by atoms with Gasteiger partial charge in [0.15, 0.2) is 11.5 Å². The Hall–Kier alpha value is -3.03. The highest BCUT2D eigenvalue weighted by atomic mass is 35.5. The number of ether oxygens (including phenoxy) is 3. The average molecular weight is 432 g/mol. The Labute approximate surface area is 177 Å². The van der Waals surface area contributed by atoms with Gasteiger partial charge in [-0.2, -0.15) is 0 Å². The fourth-order valence-corrected chi connectivity index (χ4v) is 4.02. The largest absolute Gasteiger partial charge is 0.493 e. The van der Waals surface area contributed by atoms with Crippen LogP contribution in [0.2, 0.25) is 5.02 Å². The molecule has 0 unspecified atom stereocenters. The molecule has 0 spiro atoms. The molecule has 2 atom stereocenters. The van der Waals surface area contributed by atoms with E-state index in [4.69, 9.17) is 25.8 Å². The number of hydrogen-bond acceptors (Lipinski definition) is 4. The first-order valence-electron chi connectivity index (χ1n) is 9.19. The Kier molecular flexibility index (Phi) is 5.40. The van der Waals surface area contributed by atoms with E-state index in [-0.39, 0.29) is 17.7 Å². The second-order valence-electron chi connectivity index (χ2n) is 6.81. The summed E-state index contributed by atoms with van der Waals surface area (Å²) in [6.07, 6.45) is -0.296. The zero-order valence-corrected chi connectivity index (χ0v) is 17.0. The summed E-state index contributed by atoms with van der Waals surface area (Å²) in [4.78, 5) is 11.5. The number of hydrogen-bond donors (Lipinski definition) is 1. The molecule has 156 valence electrons. The lowest BCUT2D eigenvalue weighted by atomic mass is 9.97. The maximum Gasteiger partial charge on any atom is 0.306 e. The summed E-state index contributed by atoms with van der Waals surface area (Å²) < 4.78 is 34.0. The lowest BCUT2D eigenvalue weighted by molar-refractivity contribution is -0.141. The van der Waals surface area contributed by atoms with Gasteiger partial charge in [0.1, 0.15) is 18.0 Å². The summed E-state index contributed by atoms with van der Waals surface area (Å²) in [6, 6.07) is 11.5. The molecule has 6 nitrogen and oxygen atoms in total. The van der Waals surface area contributed by atoms with Gasteiger partial charge in [0.25, 0.3) is 0 Å². The molecule has 30 heavy (non-hydrogen) atoms. The molecule has 0 radical (unpaired) electrons. The third kappa shape index (κ3) is 3.40. The first-order chi connectivity index (χ1) is 14.4. The molecular formula is C22H19ClFNO5. The third-order valence-electron chi connectivity index (χ3n) is 5.10.